The summed E-state index contributed by atoms with van der Waals surface area (Å²) in [4.78, 5) is 1.24. The first kappa shape index (κ1) is 7.59. The summed E-state index contributed by atoms with van der Waals surface area (Å²) in [5, 5.41) is 0. The minimum atomic E-state index is 0.915. The summed E-state index contributed by atoms with van der Waals surface area (Å²) in [5.41, 5.74) is 0.915. The fourth-order valence-corrected chi connectivity index (χ4v) is 1.63. The maximum atomic E-state index is 5.71. The lowest BCUT2D eigenvalue weighted by Gasteiger charge is -1.98. The van der Waals surface area contributed by atoms with Crippen LogP contribution in [0.1, 0.15) is 13.3 Å². The highest BCUT2D eigenvalue weighted by molar-refractivity contribution is 8.03. The van der Waals surface area contributed by atoms with Crippen LogP contribution in [0.3, 0.4) is 0 Å². The molecule has 52 valence electrons. The van der Waals surface area contributed by atoms with Crippen LogP contribution >= 0.6 is 11.8 Å². The fraction of sp³-hybridized carbons (Fsp3) is 0.333. The number of rotatable bonds is 2. The van der Waals surface area contributed by atoms with Gasteiger partial charge in [-0.15, -0.1) is 0 Å². The predicted molar refractivity (Wildman–Crippen MR) is 47.8 cm³/mol. The Labute approximate surface area is 66.7 Å². The van der Waals surface area contributed by atoms with Crippen molar-refractivity contribution >= 4 is 11.8 Å². The SMILES string of the molecule is [CH+]=C1C=CCC=C1SCC. The van der Waals surface area contributed by atoms with Crippen molar-refractivity contribution in [2.75, 3.05) is 5.75 Å². The summed E-state index contributed by atoms with van der Waals surface area (Å²) in [6, 6.07) is 0. The Hall–Kier alpha value is -0.520. The highest BCUT2D eigenvalue weighted by Gasteiger charge is 2.12. The Morgan fingerprint density at radius 1 is 1.70 bits per heavy atom. The average molecular weight is 151 g/mol. The van der Waals surface area contributed by atoms with E-state index < -0.39 is 0 Å². The summed E-state index contributed by atoms with van der Waals surface area (Å²) in [7, 11) is 0. The molecule has 1 heteroatoms. The number of thioether (sulfide) groups is 1. The number of allylic oxidation sites excluding steroid dienone is 4. The molecule has 0 amide bonds. The summed E-state index contributed by atoms with van der Waals surface area (Å²) in [6.07, 6.45) is 7.26. The van der Waals surface area contributed by atoms with E-state index in [-0.39, 0.29) is 0 Å². The molecule has 0 N–H and O–H groups in total. The molecule has 0 aliphatic heterocycles. The molecular formula is C9H11S+. The molecule has 0 aromatic rings. The van der Waals surface area contributed by atoms with Crippen LogP contribution < -0.4 is 0 Å². The van der Waals surface area contributed by atoms with E-state index in [1.165, 1.54) is 4.91 Å². The normalized spacial score (nSPS) is 17.2. The van der Waals surface area contributed by atoms with Gasteiger partial charge >= 0.3 is 0 Å². The molecule has 1 aliphatic carbocycles. The van der Waals surface area contributed by atoms with Gasteiger partial charge in [0.15, 0.2) is 5.57 Å². The summed E-state index contributed by atoms with van der Waals surface area (Å²) >= 11 is 1.81. The van der Waals surface area contributed by atoms with Gasteiger partial charge in [0, 0.05) is 18.8 Å². The molecule has 0 unspecified atom stereocenters. The molecule has 10 heavy (non-hydrogen) atoms. The zero-order chi connectivity index (χ0) is 7.40. The molecule has 0 aromatic carbocycles. The van der Waals surface area contributed by atoms with Crippen molar-refractivity contribution in [1.82, 2.24) is 0 Å². The van der Waals surface area contributed by atoms with Crippen LogP contribution in [0.15, 0.2) is 28.7 Å². The van der Waals surface area contributed by atoms with Gasteiger partial charge in [0.25, 0.3) is 0 Å². The third-order valence-corrected chi connectivity index (χ3v) is 2.32. The van der Waals surface area contributed by atoms with E-state index in [0.717, 1.165) is 17.7 Å². The van der Waals surface area contributed by atoms with Crippen molar-refractivity contribution in [2.45, 2.75) is 13.3 Å². The van der Waals surface area contributed by atoms with Crippen LogP contribution in [0.2, 0.25) is 0 Å². The molecule has 0 nitrogen and oxygen atoms in total. The lowest BCUT2D eigenvalue weighted by Crippen LogP contribution is -1.85. The summed E-state index contributed by atoms with van der Waals surface area (Å²) < 4.78 is 0. The van der Waals surface area contributed by atoms with Crippen molar-refractivity contribution in [3.8, 4) is 0 Å². The van der Waals surface area contributed by atoms with Crippen molar-refractivity contribution in [1.29, 1.82) is 0 Å². The zero-order valence-corrected chi connectivity index (χ0v) is 6.95. The molecule has 0 saturated heterocycles. The van der Waals surface area contributed by atoms with Gasteiger partial charge < -0.3 is 0 Å². The summed E-state index contributed by atoms with van der Waals surface area (Å²) in [6.45, 7) is 7.84. The van der Waals surface area contributed by atoms with Gasteiger partial charge in [-0.1, -0.05) is 18.7 Å². The van der Waals surface area contributed by atoms with Gasteiger partial charge in [0.1, 0.15) is 4.91 Å². The van der Waals surface area contributed by atoms with Crippen LogP contribution in [0.25, 0.3) is 0 Å². The van der Waals surface area contributed by atoms with E-state index in [0.29, 0.717) is 0 Å². The molecule has 0 fully saturated rings. The molecule has 0 saturated carbocycles. The molecule has 0 radical (unpaired) electrons. The highest BCUT2D eigenvalue weighted by Crippen LogP contribution is 2.26. The first-order chi connectivity index (χ1) is 4.84. The van der Waals surface area contributed by atoms with Gasteiger partial charge in [-0.3, -0.25) is 0 Å². The topological polar surface area (TPSA) is 0 Å². The maximum absolute atomic E-state index is 5.71. The zero-order valence-electron chi connectivity index (χ0n) is 6.13. The number of hydrogen-bond acceptors (Lipinski definition) is 1. The second-order valence-corrected chi connectivity index (χ2v) is 3.40. The predicted octanol–water partition coefficient (Wildman–Crippen LogP) is 2.94. The monoisotopic (exact) mass is 151 g/mol. The molecule has 0 heterocycles. The van der Waals surface area contributed by atoms with Crippen molar-refractivity contribution in [3.63, 3.8) is 0 Å². The first-order valence-corrected chi connectivity index (χ1v) is 4.45. The lowest BCUT2D eigenvalue weighted by molar-refractivity contribution is 1.33. The van der Waals surface area contributed by atoms with Crippen LogP contribution in [-0.4, -0.2) is 5.75 Å². The molecule has 1 rings (SSSR count). The average Bonchev–Trinajstić information content (AvgIpc) is 1.94. The van der Waals surface area contributed by atoms with Crippen molar-refractivity contribution in [3.05, 3.63) is 35.3 Å². The Kier molecular flexibility index (Phi) is 2.73. The first-order valence-electron chi connectivity index (χ1n) is 3.47. The second kappa shape index (κ2) is 3.60. The Morgan fingerprint density at radius 2 is 2.50 bits per heavy atom. The molecule has 0 spiro atoms. The molecule has 1 aliphatic rings. The minimum Gasteiger partial charge on any atom is -0.0556 e. The van der Waals surface area contributed by atoms with Gasteiger partial charge in [-0.05, 0) is 12.2 Å². The number of hydrogen-bond donors (Lipinski definition) is 0. The molecular weight excluding hydrogens is 140 g/mol. The van der Waals surface area contributed by atoms with Crippen LogP contribution in [0, 0.1) is 6.58 Å². The summed E-state index contributed by atoms with van der Waals surface area (Å²) in [5.74, 6) is 1.10. The van der Waals surface area contributed by atoms with E-state index >= 15 is 0 Å². The van der Waals surface area contributed by atoms with E-state index in [2.05, 4.69) is 19.1 Å². The van der Waals surface area contributed by atoms with E-state index in [1.807, 2.05) is 17.8 Å². The van der Waals surface area contributed by atoms with Crippen LogP contribution in [-0.2, 0) is 0 Å². The van der Waals surface area contributed by atoms with E-state index in [1.54, 1.807) is 0 Å². The van der Waals surface area contributed by atoms with Crippen LogP contribution in [0.5, 0.6) is 0 Å². The Balaban J connectivity index is 2.57. The van der Waals surface area contributed by atoms with E-state index in [4.69, 9.17) is 6.58 Å². The lowest BCUT2D eigenvalue weighted by atomic mass is 10.1. The largest absolute Gasteiger partial charge is 0.194 e. The molecule has 0 atom stereocenters. The van der Waals surface area contributed by atoms with Gasteiger partial charge in [-0.2, -0.15) is 0 Å². The second-order valence-electron chi connectivity index (χ2n) is 2.09. The highest BCUT2D eigenvalue weighted by atomic mass is 32.2. The molecule has 0 aromatic heterocycles. The third-order valence-electron chi connectivity index (χ3n) is 1.32. The standard InChI is InChI=1S/C9H11S/c1-3-10-9-7-5-4-6-8(9)2/h2,4,6-7H,3,5H2,1H3/q+1. The third kappa shape index (κ3) is 1.73. The minimum absolute atomic E-state index is 0.915. The smallest absolute Gasteiger partial charge is 0.0556 e. The molecule has 0 bridgehead atoms. The fourth-order valence-electron chi connectivity index (χ4n) is 0.868. The van der Waals surface area contributed by atoms with Gasteiger partial charge in [-0.25, -0.2) is 0 Å². The van der Waals surface area contributed by atoms with E-state index in [9.17, 15) is 0 Å². The van der Waals surface area contributed by atoms with Crippen molar-refractivity contribution < 1.29 is 0 Å². The van der Waals surface area contributed by atoms with Gasteiger partial charge in [0.2, 0.25) is 0 Å². The van der Waals surface area contributed by atoms with Crippen LogP contribution in [0.4, 0.5) is 0 Å². The Bertz CT molecular complexity index is 187. The van der Waals surface area contributed by atoms with Gasteiger partial charge in [0.05, 0.1) is 6.08 Å². The quantitative estimate of drug-likeness (QED) is 0.547. The van der Waals surface area contributed by atoms with Crippen molar-refractivity contribution in [2.24, 2.45) is 0 Å². The maximum Gasteiger partial charge on any atom is 0.194 e. The Morgan fingerprint density at radius 3 is 3.10 bits per heavy atom.